The van der Waals surface area contributed by atoms with Crippen LogP contribution in [0.2, 0.25) is 5.28 Å². The molecule has 7 aromatic rings. The molecule has 56 heavy (non-hydrogen) atoms. The fourth-order valence-corrected chi connectivity index (χ4v) is 5.82. The van der Waals surface area contributed by atoms with Crippen molar-refractivity contribution in [1.82, 2.24) is 29.7 Å². The molecule has 0 radical (unpaired) electrons. The Balaban J connectivity index is 0.000000225. The van der Waals surface area contributed by atoms with Gasteiger partial charge in [0.1, 0.15) is 11.6 Å². The van der Waals surface area contributed by atoms with Crippen LogP contribution >= 0.6 is 11.6 Å². The first-order valence-corrected chi connectivity index (χ1v) is 17.4. The monoisotopic (exact) mass is 777 g/mol. The highest BCUT2D eigenvalue weighted by Crippen LogP contribution is 2.41. The van der Waals surface area contributed by atoms with E-state index in [0.29, 0.717) is 52.1 Å². The molecule has 16 heteroatoms. The smallest absolute Gasteiger partial charge is 0.229 e. The maximum absolute atomic E-state index is 5.74. The SMILES string of the molecule is COc1cc(Nc2ccnc(Cl)n2)cc(OC)c1OC.COc1cc(Nc2ccnc(Nc3ccc4c(cnn4Cc4ccccc4)c3)n2)cc(OC)c1OC. The van der Waals surface area contributed by atoms with Gasteiger partial charge in [0.2, 0.25) is 22.7 Å². The summed E-state index contributed by atoms with van der Waals surface area (Å²) < 4.78 is 34.1. The third kappa shape index (κ3) is 9.37. The maximum Gasteiger partial charge on any atom is 0.229 e. The van der Waals surface area contributed by atoms with Crippen LogP contribution < -0.4 is 44.4 Å². The molecule has 0 saturated carbocycles. The highest BCUT2D eigenvalue weighted by atomic mass is 35.5. The van der Waals surface area contributed by atoms with Crippen LogP contribution in [0.25, 0.3) is 10.9 Å². The van der Waals surface area contributed by atoms with Gasteiger partial charge >= 0.3 is 0 Å². The maximum atomic E-state index is 5.74. The Kier molecular flexibility index (Phi) is 12.7. The molecule has 4 aromatic carbocycles. The summed E-state index contributed by atoms with van der Waals surface area (Å²) in [5.41, 5.74) is 4.60. The summed E-state index contributed by atoms with van der Waals surface area (Å²) in [5.74, 6) is 4.89. The van der Waals surface area contributed by atoms with Crippen molar-refractivity contribution in [2.75, 3.05) is 58.6 Å². The number of hydrogen-bond donors (Lipinski definition) is 3. The standard InChI is InChI=1S/C27H26N6O3.C13H14ClN3O3/c1-34-23-14-21(15-24(35-2)26(23)36-3)30-25-11-12-28-27(32-25)31-20-9-10-22-19(13-20)16-29-33(22)17-18-7-5-4-6-8-18;1-18-9-6-8(7-10(19-2)12(9)20-3)16-11-4-5-15-13(14)17-11/h4-16H,17H2,1-3H3,(H2,28,30,31,32);4-7H,1-3H3,(H,15,16,17). The predicted octanol–water partition coefficient (Wildman–Crippen LogP) is 8.29. The Labute approximate surface area is 328 Å². The molecule has 0 saturated heterocycles. The second-order valence-corrected chi connectivity index (χ2v) is 12.1. The van der Waals surface area contributed by atoms with Gasteiger partial charge < -0.3 is 44.4 Å². The van der Waals surface area contributed by atoms with E-state index in [1.807, 2.05) is 59.4 Å². The van der Waals surface area contributed by atoms with Crippen molar-refractivity contribution in [2.24, 2.45) is 0 Å². The molecule has 0 aliphatic rings. The second kappa shape index (κ2) is 18.4. The summed E-state index contributed by atoms with van der Waals surface area (Å²) in [6.45, 7) is 0.717. The van der Waals surface area contributed by atoms with Crippen molar-refractivity contribution in [1.29, 1.82) is 0 Å². The van der Waals surface area contributed by atoms with E-state index in [2.05, 4.69) is 53.1 Å². The topological polar surface area (TPSA) is 161 Å². The molecule has 3 heterocycles. The van der Waals surface area contributed by atoms with Gasteiger partial charge in [-0.05, 0) is 47.5 Å². The van der Waals surface area contributed by atoms with Crippen LogP contribution in [0.1, 0.15) is 5.56 Å². The van der Waals surface area contributed by atoms with Gasteiger partial charge in [0.15, 0.2) is 23.0 Å². The highest BCUT2D eigenvalue weighted by molar-refractivity contribution is 6.28. The number of methoxy groups -OCH3 is 6. The van der Waals surface area contributed by atoms with Crippen LogP contribution in [0, 0.1) is 0 Å². The van der Waals surface area contributed by atoms with Gasteiger partial charge in [-0.2, -0.15) is 10.1 Å². The molecule has 0 aliphatic carbocycles. The molecular weight excluding hydrogens is 738 g/mol. The first-order valence-electron chi connectivity index (χ1n) is 17.1. The van der Waals surface area contributed by atoms with Gasteiger partial charge in [-0.3, -0.25) is 4.68 Å². The Hall–Kier alpha value is -7.00. The number of hydrogen-bond acceptors (Lipinski definition) is 14. The van der Waals surface area contributed by atoms with Gasteiger partial charge in [-0.25, -0.2) is 15.0 Å². The van der Waals surface area contributed by atoms with Crippen LogP contribution in [0.3, 0.4) is 0 Å². The molecule has 0 spiro atoms. The van der Waals surface area contributed by atoms with Crippen LogP contribution in [-0.2, 0) is 6.54 Å². The quantitative estimate of drug-likeness (QED) is 0.0905. The van der Waals surface area contributed by atoms with E-state index in [1.165, 1.54) is 5.56 Å². The lowest BCUT2D eigenvalue weighted by atomic mass is 10.2. The predicted molar refractivity (Wildman–Crippen MR) is 216 cm³/mol. The summed E-state index contributed by atoms with van der Waals surface area (Å²) >= 11 is 5.74. The fourth-order valence-electron chi connectivity index (χ4n) is 5.67. The second-order valence-electron chi connectivity index (χ2n) is 11.7. The van der Waals surface area contributed by atoms with Gasteiger partial charge in [-0.15, -0.1) is 0 Å². The average molecular weight is 778 g/mol. The first kappa shape index (κ1) is 38.7. The minimum atomic E-state index is 0.169. The zero-order valence-corrected chi connectivity index (χ0v) is 32.3. The minimum Gasteiger partial charge on any atom is -0.493 e. The van der Waals surface area contributed by atoms with Gasteiger partial charge in [0.05, 0.1) is 60.9 Å². The number of aromatic nitrogens is 6. The van der Waals surface area contributed by atoms with Crippen LogP contribution in [0.4, 0.5) is 34.6 Å². The lowest BCUT2D eigenvalue weighted by molar-refractivity contribution is 0.324. The van der Waals surface area contributed by atoms with E-state index in [0.717, 1.165) is 34.5 Å². The third-order valence-electron chi connectivity index (χ3n) is 8.23. The molecule has 0 aliphatic heterocycles. The molecule has 0 fully saturated rings. The minimum absolute atomic E-state index is 0.169. The zero-order valence-electron chi connectivity index (χ0n) is 31.5. The van der Waals surface area contributed by atoms with Crippen LogP contribution in [0.5, 0.6) is 34.5 Å². The Morgan fingerprint density at radius 3 is 1.66 bits per heavy atom. The summed E-state index contributed by atoms with van der Waals surface area (Å²) in [4.78, 5) is 16.8. The van der Waals surface area contributed by atoms with Crippen molar-refractivity contribution >= 4 is 57.2 Å². The lowest BCUT2D eigenvalue weighted by Crippen LogP contribution is -2.02. The Morgan fingerprint density at radius 1 is 0.571 bits per heavy atom. The number of nitrogens with zero attached hydrogens (tertiary/aromatic N) is 6. The Morgan fingerprint density at radius 2 is 1.12 bits per heavy atom. The number of halogens is 1. The first-order chi connectivity index (χ1) is 27.3. The van der Waals surface area contributed by atoms with E-state index in [9.17, 15) is 0 Å². The van der Waals surface area contributed by atoms with Crippen molar-refractivity contribution < 1.29 is 28.4 Å². The number of fused-ring (bicyclic) bond motifs is 1. The van der Waals surface area contributed by atoms with Crippen molar-refractivity contribution in [2.45, 2.75) is 6.54 Å². The molecule has 3 aromatic heterocycles. The number of nitrogens with one attached hydrogen (secondary N) is 3. The van der Waals surface area contributed by atoms with Gasteiger partial charge in [-0.1, -0.05) is 30.3 Å². The molecule has 0 amide bonds. The van der Waals surface area contributed by atoms with Gasteiger partial charge in [0.25, 0.3) is 0 Å². The van der Waals surface area contributed by atoms with E-state index in [4.69, 9.17) is 40.0 Å². The Bertz CT molecular complexity index is 2350. The largest absolute Gasteiger partial charge is 0.493 e. The normalized spacial score (nSPS) is 10.5. The molecule has 0 bridgehead atoms. The third-order valence-corrected chi connectivity index (χ3v) is 8.41. The van der Waals surface area contributed by atoms with Crippen molar-refractivity contribution in [3.63, 3.8) is 0 Å². The molecule has 0 unspecified atom stereocenters. The number of benzene rings is 4. The number of anilines is 6. The average Bonchev–Trinajstić information content (AvgIpc) is 3.62. The van der Waals surface area contributed by atoms with Crippen molar-refractivity contribution in [3.8, 4) is 34.5 Å². The van der Waals surface area contributed by atoms with E-state index < -0.39 is 0 Å². The molecule has 288 valence electrons. The molecule has 0 atom stereocenters. The van der Waals surface area contributed by atoms with E-state index >= 15 is 0 Å². The highest BCUT2D eigenvalue weighted by Gasteiger charge is 2.15. The summed E-state index contributed by atoms with van der Waals surface area (Å²) in [6.07, 6.45) is 5.12. The molecule has 15 nitrogen and oxygen atoms in total. The van der Waals surface area contributed by atoms with E-state index in [-0.39, 0.29) is 5.28 Å². The van der Waals surface area contributed by atoms with Crippen molar-refractivity contribution in [3.05, 3.63) is 114 Å². The van der Waals surface area contributed by atoms with Crippen LogP contribution in [-0.4, -0.2) is 72.4 Å². The zero-order chi connectivity index (χ0) is 39.4. The number of rotatable bonds is 14. The van der Waals surface area contributed by atoms with E-state index in [1.54, 1.807) is 79.3 Å². The summed E-state index contributed by atoms with van der Waals surface area (Å²) in [6, 6.07) is 27.0. The molecule has 3 N–H and O–H groups in total. The van der Waals surface area contributed by atoms with Gasteiger partial charge in [0, 0.05) is 59.1 Å². The lowest BCUT2D eigenvalue weighted by Gasteiger charge is -2.15. The fraction of sp³-hybridized carbons (Fsp3) is 0.175. The summed E-state index contributed by atoms with van der Waals surface area (Å²) in [7, 11) is 9.40. The summed E-state index contributed by atoms with van der Waals surface area (Å²) in [5, 5.41) is 15.4. The molecular formula is C40H40ClN9O6. The number of ether oxygens (including phenoxy) is 6. The molecule has 7 rings (SSSR count). The van der Waals surface area contributed by atoms with Crippen LogP contribution in [0.15, 0.2) is 104 Å².